The minimum atomic E-state index is -0.00373. The molecule has 0 atom stereocenters. The fourth-order valence-electron chi connectivity index (χ4n) is 3.83. The number of hydrogen-bond donors (Lipinski definition) is 2. The maximum atomic E-state index is 5.67. The van der Waals surface area contributed by atoms with Gasteiger partial charge < -0.3 is 24.6 Å². The van der Waals surface area contributed by atoms with E-state index in [1.807, 2.05) is 13.0 Å². The number of rotatable bonds is 9. The zero-order valence-corrected chi connectivity index (χ0v) is 19.2. The van der Waals surface area contributed by atoms with Gasteiger partial charge in [0.05, 0.1) is 12.3 Å². The molecule has 7 nitrogen and oxygen atoms in total. The van der Waals surface area contributed by atoms with Crippen molar-refractivity contribution in [1.29, 1.82) is 0 Å². The lowest BCUT2D eigenvalue weighted by molar-refractivity contribution is 0.0513. The van der Waals surface area contributed by atoms with Crippen molar-refractivity contribution < 1.29 is 14.0 Å². The molecule has 1 aromatic carbocycles. The Balaban J connectivity index is 1.71. The molecule has 31 heavy (non-hydrogen) atoms. The van der Waals surface area contributed by atoms with Crippen LogP contribution in [0.25, 0.3) is 0 Å². The van der Waals surface area contributed by atoms with Gasteiger partial charge in [-0.3, -0.25) is 0 Å². The van der Waals surface area contributed by atoms with Crippen molar-refractivity contribution in [2.45, 2.75) is 58.4 Å². The SMILES string of the molecule is CCNC(=NCc1cc(C(C)C)no1)NCC1(c2ccc(OCC)cc2)CCOCC1. The van der Waals surface area contributed by atoms with E-state index < -0.39 is 0 Å². The van der Waals surface area contributed by atoms with Crippen LogP contribution < -0.4 is 15.4 Å². The standard InChI is InChI=1S/C24H36N4O3/c1-5-25-23(26-16-21-15-22(18(3)4)28-31-21)27-17-24(11-13-29-14-12-24)19-7-9-20(10-8-19)30-6-2/h7-10,15,18H,5-6,11-14,16-17H2,1-4H3,(H2,25,26,27). The maximum Gasteiger partial charge on any atom is 0.191 e. The second-order valence-corrected chi connectivity index (χ2v) is 8.27. The Hall–Kier alpha value is -2.54. The third kappa shape index (κ3) is 6.23. The summed E-state index contributed by atoms with van der Waals surface area (Å²) >= 11 is 0. The van der Waals surface area contributed by atoms with E-state index in [1.54, 1.807) is 0 Å². The lowest BCUT2D eigenvalue weighted by atomic mass is 9.74. The number of nitrogens with one attached hydrogen (secondary N) is 2. The third-order valence-corrected chi connectivity index (χ3v) is 5.73. The van der Waals surface area contributed by atoms with Crippen molar-refractivity contribution in [3.05, 3.63) is 47.3 Å². The van der Waals surface area contributed by atoms with E-state index >= 15 is 0 Å². The molecule has 170 valence electrons. The number of guanidine groups is 1. The number of nitrogens with zero attached hydrogens (tertiary/aromatic N) is 2. The van der Waals surface area contributed by atoms with Gasteiger partial charge in [0.15, 0.2) is 11.7 Å². The summed E-state index contributed by atoms with van der Waals surface area (Å²) in [5.41, 5.74) is 2.26. The zero-order valence-electron chi connectivity index (χ0n) is 19.2. The third-order valence-electron chi connectivity index (χ3n) is 5.73. The highest BCUT2D eigenvalue weighted by Gasteiger charge is 2.34. The fourth-order valence-corrected chi connectivity index (χ4v) is 3.83. The van der Waals surface area contributed by atoms with Crippen LogP contribution in [0.1, 0.15) is 63.5 Å². The Morgan fingerprint density at radius 2 is 1.90 bits per heavy atom. The van der Waals surface area contributed by atoms with E-state index in [2.05, 4.69) is 60.8 Å². The highest BCUT2D eigenvalue weighted by atomic mass is 16.5. The first kappa shape index (κ1) is 23.1. The van der Waals surface area contributed by atoms with Crippen LogP contribution in [-0.2, 0) is 16.7 Å². The average Bonchev–Trinajstić information content (AvgIpc) is 3.27. The molecule has 0 unspecified atom stereocenters. The van der Waals surface area contributed by atoms with Crippen LogP contribution in [0.5, 0.6) is 5.75 Å². The van der Waals surface area contributed by atoms with Gasteiger partial charge in [-0.15, -0.1) is 0 Å². The zero-order chi connectivity index (χ0) is 22.1. The largest absolute Gasteiger partial charge is 0.494 e. The number of benzene rings is 1. The second kappa shape index (κ2) is 11.2. The maximum absolute atomic E-state index is 5.67. The number of hydrogen-bond acceptors (Lipinski definition) is 5. The molecule has 1 aliphatic rings. The quantitative estimate of drug-likeness (QED) is 0.464. The smallest absolute Gasteiger partial charge is 0.191 e. The lowest BCUT2D eigenvalue weighted by Gasteiger charge is -2.38. The second-order valence-electron chi connectivity index (χ2n) is 8.27. The van der Waals surface area contributed by atoms with Crippen molar-refractivity contribution in [2.75, 3.05) is 32.9 Å². The van der Waals surface area contributed by atoms with Crippen LogP contribution in [0.3, 0.4) is 0 Å². The van der Waals surface area contributed by atoms with Gasteiger partial charge >= 0.3 is 0 Å². The normalized spacial score (nSPS) is 16.4. The molecule has 0 saturated carbocycles. The minimum Gasteiger partial charge on any atom is -0.494 e. The molecule has 0 spiro atoms. The van der Waals surface area contributed by atoms with Gasteiger partial charge in [-0.1, -0.05) is 31.1 Å². The van der Waals surface area contributed by atoms with E-state index in [0.717, 1.165) is 62.3 Å². The molecule has 1 aromatic heterocycles. The lowest BCUT2D eigenvalue weighted by Crippen LogP contribution is -2.48. The molecule has 2 N–H and O–H groups in total. The molecule has 3 rings (SSSR count). The van der Waals surface area contributed by atoms with Crippen LogP contribution in [-0.4, -0.2) is 44.0 Å². The van der Waals surface area contributed by atoms with Crippen molar-refractivity contribution in [3.8, 4) is 5.75 Å². The first-order valence-corrected chi connectivity index (χ1v) is 11.3. The first-order chi connectivity index (χ1) is 15.1. The Bertz CT molecular complexity index is 824. The predicted molar refractivity (Wildman–Crippen MR) is 123 cm³/mol. The topological polar surface area (TPSA) is 80.9 Å². The van der Waals surface area contributed by atoms with Gasteiger partial charge in [0.2, 0.25) is 0 Å². The van der Waals surface area contributed by atoms with Crippen molar-refractivity contribution in [1.82, 2.24) is 15.8 Å². The van der Waals surface area contributed by atoms with Gasteiger partial charge in [-0.2, -0.15) is 0 Å². The van der Waals surface area contributed by atoms with E-state index in [-0.39, 0.29) is 5.41 Å². The molecule has 0 aliphatic carbocycles. The Morgan fingerprint density at radius 3 is 2.52 bits per heavy atom. The molecule has 1 fully saturated rings. The van der Waals surface area contributed by atoms with Gasteiger partial charge in [-0.25, -0.2) is 4.99 Å². The summed E-state index contributed by atoms with van der Waals surface area (Å²) in [7, 11) is 0. The number of aliphatic imine (C=N–C) groups is 1. The summed E-state index contributed by atoms with van der Waals surface area (Å²) in [6.45, 7) is 12.5. The van der Waals surface area contributed by atoms with Crippen LogP contribution in [0.2, 0.25) is 0 Å². The number of aromatic nitrogens is 1. The molecule has 2 heterocycles. The van der Waals surface area contributed by atoms with Crippen molar-refractivity contribution >= 4 is 5.96 Å². The molecule has 2 aromatic rings. The van der Waals surface area contributed by atoms with Crippen LogP contribution in [0.4, 0.5) is 0 Å². The Kier molecular flexibility index (Phi) is 8.35. The molecule has 1 saturated heterocycles. The summed E-state index contributed by atoms with van der Waals surface area (Å²) < 4.78 is 16.7. The summed E-state index contributed by atoms with van der Waals surface area (Å²) in [6.07, 6.45) is 1.93. The molecule has 0 bridgehead atoms. The Labute approximate surface area is 185 Å². The van der Waals surface area contributed by atoms with E-state index in [9.17, 15) is 0 Å². The molecular weight excluding hydrogens is 392 g/mol. The summed E-state index contributed by atoms with van der Waals surface area (Å²) in [4.78, 5) is 4.71. The fraction of sp³-hybridized carbons (Fsp3) is 0.583. The highest BCUT2D eigenvalue weighted by Crippen LogP contribution is 2.35. The molecule has 1 aliphatic heterocycles. The first-order valence-electron chi connectivity index (χ1n) is 11.3. The van der Waals surface area contributed by atoms with E-state index in [1.165, 1.54) is 5.56 Å². The molecule has 0 radical (unpaired) electrons. The van der Waals surface area contributed by atoms with E-state index in [0.29, 0.717) is 19.1 Å². The highest BCUT2D eigenvalue weighted by molar-refractivity contribution is 5.79. The molecular formula is C24H36N4O3. The Morgan fingerprint density at radius 1 is 1.16 bits per heavy atom. The van der Waals surface area contributed by atoms with Gasteiger partial charge in [0.1, 0.15) is 12.3 Å². The van der Waals surface area contributed by atoms with Gasteiger partial charge in [-0.05, 0) is 50.3 Å². The molecule has 0 amide bonds. The summed E-state index contributed by atoms with van der Waals surface area (Å²) in [5.74, 6) is 2.80. The average molecular weight is 429 g/mol. The van der Waals surface area contributed by atoms with E-state index in [4.69, 9.17) is 19.0 Å². The predicted octanol–water partition coefficient (Wildman–Crippen LogP) is 4.00. The summed E-state index contributed by atoms with van der Waals surface area (Å²) in [5, 5.41) is 11.0. The van der Waals surface area contributed by atoms with Crippen molar-refractivity contribution in [3.63, 3.8) is 0 Å². The minimum absolute atomic E-state index is 0.00373. The van der Waals surface area contributed by atoms with Crippen LogP contribution >= 0.6 is 0 Å². The van der Waals surface area contributed by atoms with Crippen LogP contribution in [0, 0.1) is 0 Å². The van der Waals surface area contributed by atoms with Crippen LogP contribution in [0.15, 0.2) is 39.8 Å². The summed E-state index contributed by atoms with van der Waals surface area (Å²) in [6, 6.07) is 10.5. The van der Waals surface area contributed by atoms with Gasteiger partial charge in [0.25, 0.3) is 0 Å². The van der Waals surface area contributed by atoms with Gasteiger partial charge in [0, 0.05) is 37.8 Å². The number of ether oxygens (including phenoxy) is 2. The van der Waals surface area contributed by atoms with Crippen molar-refractivity contribution in [2.24, 2.45) is 4.99 Å². The monoisotopic (exact) mass is 428 g/mol. The molecule has 7 heteroatoms.